The van der Waals surface area contributed by atoms with Crippen LogP contribution in [0, 0.1) is 23.5 Å². The number of aryl methyl sites for hydroxylation is 1. The molecular formula is C35H35F3N6O4. The van der Waals surface area contributed by atoms with Crippen molar-refractivity contribution in [1.29, 1.82) is 0 Å². The second-order valence-electron chi connectivity index (χ2n) is 13.5. The van der Waals surface area contributed by atoms with E-state index in [-0.39, 0.29) is 47.0 Å². The zero-order chi connectivity index (χ0) is 33.3. The van der Waals surface area contributed by atoms with Crippen molar-refractivity contribution >= 4 is 39.3 Å². The number of halogens is 3. The summed E-state index contributed by atoms with van der Waals surface area (Å²) in [5, 5.41) is 14.3. The van der Waals surface area contributed by atoms with E-state index in [1.807, 2.05) is 4.90 Å². The molecule has 4 aromatic rings. The van der Waals surface area contributed by atoms with Gasteiger partial charge in [-0.3, -0.25) is 24.8 Å². The molecule has 0 unspecified atom stereocenters. The third-order valence-corrected chi connectivity index (χ3v) is 10.8. The Hall–Kier alpha value is -4.52. The topological polar surface area (TPSA) is 121 Å². The number of alkyl halides is 1. The maximum atomic E-state index is 16.9. The molecule has 4 aliphatic heterocycles. The molecule has 0 bridgehead atoms. The van der Waals surface area contributed by atoms with Crippen LogP contribution in [0.3, 0.4) is 0 Å². The first-order valence-electron chi connectivity index (χ1n) is 16.6. The van der Waals surface area contributed by atoms with E-state index < -0.39 is 35.2 Å². The van der Waals surface area contributed by atoms with Gasteiger partial charge >= 0.3 is 6.01 Å². The molecular weight excluding hydrogens is 625 g/mol. The fraction of sp³-hybridized carbons (Fsp3) is 0.457. The lowest BCUT2D eigenvalue weighted by atomic mass is 9.91. The normalized spacial score (nSPS) is 25.8. The van der Waals surface area contributed by atoms with Gasteiger partial charge in [-0.1, -0.05) is 13.0 Å². The van der Waals surface area contributed by atoms with E-state index in [1.165, 1.54) is 30.5 Å². The molecule has 0 saturated carbocycles. The number of carbonyl (C=O) groups excluding carboxylic acids is 2. The molecule has 10 nitrogen and oxygen atoms in total. The van der Waals surface area contributed by atoms with Gasteiger partial charge < -0.3 is 14.7 Å². The number of fused-ring (bicyclic) bond motifs is 4. The van der Waals surface area contributed by atoms with Gasteiger partial charge in [-0.15, -0.1) is 0 Å². The molecule has 0 aliphatic carbocycles. The lowest BCUT2D eigenvalue weighted by Gasteiger charge is -2.31. The fourth-order valence-corrected chi connectivity index (χ4v) is 8.45. The number of benzene rings is 2. The van der Waals surface area contributed by atoms with Crippen LogP contribution in [0.2, 0.25) is 0 Å². The van der Waals surface area contributed by atoms with Gasteiger partial charge in [0.25, 0.3) is 0 Å². The Bertz CT molecular complexity index is 1970. The first kappa shape index (κ1) is 30.8. The smallest absolute Gasteiger partial charge is 0.319 e. The second-order valence-corrected chi connectivity index (χ2v) is 13.5. The number of hydrogen-bond donors (Lipinski definition) is 2. The van der Waals surface area contributed by atoms with Crippen molar-refractivity contribution in [3.05, 3.63) is 47.7 Å². The van der Waals surface area contributed by atoms with Gasteiger partial charge in [0.2, 0.25) is 11.8 Å². The van der Waals surface area contributed by atoms with Crippen molar-refractivity contribution in [1.82, 2.24) is 25.2 Å². The van der Waals surface area contributed by atoms with Crippen molar-refractivity contribution in [2.45, 2.75) is 57.2 Å². The van der Waals surface area contributed by atoms with E-state index in [0.29, 0.717) is 72.9 Å². The third kappa shape index (κ3) is 4.92. The van der Waals surface area contributed by atoms with Gasteiger partial charge in [-0.25, -0.2) is 13.2 Å². The first-order chi connectivity index (χ1) is 23.2. The minimum absolute atomic E-state index is 0.0835. The highest BCUT2D eigenvalue weighted by atomic mass is 19.1. The number of rotatable bonds is 6. The molecule has 2 amide bonds. The number of anilines is 1. The number of phenolic OH excluding ortho intramolecular Hbond substituents is 1. The summed E-state index contributed by atoms with van der Waals surface area (Å²) in [4.78, 5) is 42.7. The molecule has 13 heteroatoms. The highest BCUT2D eigenvalue weighted by Gasteiger charge is 2.49. The van der Waals surface area contributed by atoms with Gasteiger partial charge in [-0.05, 0) is 73.2 Å². The minimum atomic E-state index is -0.959. The number of aromatic hydroxyl groups is 1. The van der Waals surface area contributed by atoms with E-state index in [0.717, 1.165) is 19.4 Å². The highest BCUT2D eigenvalue weighted by molar-refractivity contribution is 6.05. The summed E-state index contributed by atoms with van der Waals surface area (Å²) in [6.45, 7) is 3.79. The number of pyridine rings is 1. The number of phenols is 1. The molecule has 4 atom stereocenters. The Balaban J connectivity index is 1.25. The van der Waals surface area contributed by atoms with Crippen LogP contribution < -0.4 is 15.0 Å². The van der Waals surface area contributed by atoms with Crippen LogP contribution in [-0.2, 0) is 16.0 Å². The Morgan fingerprint density at radius 2 is 1.85 bits per heavy atom. The van der Waals surface area contributed by atoms with Crippen LogP contribution in [0.15, 0.2) is 30.5 Å². The molecule has 0 radical (unpaired) electrons. The first-order valence-corrected chi connectivity index (χ1v) is 16.6. The standard InChI is InChI=1S/C35H35F3N6O4/c1-2-21-26(37)5-4-18-12-20(45)13-24(27(18)21)29-28(38)30-25(15-39-29)31(43-10-6-22-23(7-11-43)33(47)42-32(22)46)41-34(40-30)48-17-35-8-3-9-44(35)16-19(36)14-35/h4-5,12-13,15,19,22-23,45H,2-3,6-11,14,16-17H2,1H3,(H,42,46,47)/t19-,22-,23+,35+/m1/s1. The SMILES string of the molecule is CCc1c(F)ccc2cc(O)cc(-c3ncc4c(N5CC[C@@H]6C(=O)NC(=O)[C@@H]6CC5)nc(OC[C@@]56CCCN5C[C@H](F)C6)nc4c3F)c12. The Kier molecular flexibility index (Phi) is 7.42. The number of ether oxygens (including phenoxy) is 1. The van der Waals surface area contributed by atoms with Crippen molar-refractivity contribution in [3.63, 3.8) is 0 Å². The number of amides is 2. The van der Waals surface area contributed by atoms with E-state index in [9.17, 15) is 23.5 Å². The number of carbonyl (C=O) groups is 2. The van der Waals surface area contributed by atoms with Crippen LogP contribution in [0.4, 0.5) is 19.0 Å². The second kappa shape index (κ2) is 11.6. The maximum Gasteiger partial charge on any atom is 0.319 e. The maximum absolute atomic E-state index is 16.9. The average molecular weight is 661 g/mol. The molecule has 4 saturated heterocycles. The third-order valence-electron chi connectivity index (χ3n) is 10.8. The molecule has 0 spiro atoms. The molecule has 2 aromatic carbocycles. The van der Waals surface area contributed by atoms with Gasteiger partial charge in [0, 0.05) is 37.8 Å². The van der Waals surface area contributed by atoms with E-state index in [1.54, 1.807) is 6.92 Å². The average Bonchev–Trinajstić information content (AvgIpc) is 3.60. The monoisotopic (exact) mass is 660 g/mol. The van der Waals surface area contributed by atoms with Gasteiger partial charge in [0.05, 0.1) is 22.8 Å². The zero-order valence-corrected chi connectivity index (χ0v) is 26.4. The molecule has 250 valence electrons. The Morgan fingerprint density at radius 3 is 2.60 bits per heavy atom. The van der Waals surface area contributed by atoms with Crippen LogP contribution in [0.1, 0.15) is 44.6 Å². The summed E-state index contributed by atoms with van der Waals surface area (Å²) in [6.07, 6.45) is 3.65. The number of imide groups is 1. The Labute approximate surface area is 274 Å². The summed E-state index contributed by atoms with van der Waals surface area (Å²) >= 11 is 0. The lowest BCUT2D eigenvalue weighted by Crippen LogP contribution is -2.43. The summed E-state index contributed by atoms with van der Waals surface area (Å²) in [6, 6.07) is 5.64. The van der Waals surface area contributed by atoms with Crippen molar-refractivity contribution in [2.75, 3.05) is 37.7 Å². The molecule has 4 fully saturated rings. The number of aromatic nitrogens is 3. The fourth-order valence-electron chi connectivity index (χ4n) is 8.45. The quantitative estimate of drug-likeness (QED) is 0.280. The van der Waals surface area contributed by atoms with Crippen LogP contribution in [-0.4, -0.2) is 81.3 Å². The predicted molar refractivity (Wildman–Crippen MR) is 171 cm³/mol. The van der Waals surface area contributed by atoms with Gasteiger partial charge in [-0.2, -0.15) is 9.97 Å². The number of hydrogen-bond acceptors (Lipinski definition) is 9. The van der Waals surface area contributed by atoms with Crippen LogP contribution in [0.25, 0.3) is 32.9 Å². The largest absolute Gasteiger partial charge is 0.508 e. The van der Waals surface area contributed by atoms with Crippen LogP contribution in [0.5, 0.6) is 11.8 Å². The van der Waals surface area contributed by atoms with Gasteiger partial charge in [0.1, 0.15) is 41.4 Å². The summed E-state index contributed by atoms with van der Waals surface area (Å²) in [7, 11) is 0. The molecule has 8 rings (SSSR count). The van der Waals surface area contributed by atoms with E-state index in [4.69, 9.17) is 9.72 Å². The summed E-state index contributed by atoms with van der Waals surface area (Å²) in [5.41, 5.74) is -0.110. The Morgan fingerprint density at radius 1 is 1.08 bits per heavy atom. The van der Waals surface area contributed by atoms with Crippen molar-refractivity contribution in [3.8, 4) is 23.0 Å². The van der Waals surface area contributed by atoms with Crippen LogP contribution >= 0.6 is 0 Å². The highest BCUT2D eigenvalue weighted by Crippen LogP contribution is 2.42. The van der Waals surface area contributed by atoms with Crippen molar-refractivity contribution in [2.24, 2.45) is 11.8 Å². The summed E-state index contributed by atoms with van der Waals surface area (Å²) < 4.78 is 52.6. The molecule has 6 heterocycles. The summed E-state index contributed by atoms with van der Waals surface area (Å²) in [5.74, 6) is -2.51. The molecule has 2 aromatic heterocycles. The van der Waals surface area contributed by atoms with E-state index in [2.05, 4.69) is 20.2 Å². The molecule has 4 aliphatic rings. The molecule has 2 N–H and O–H groups in total. The van der Waals surface area contributed by atoms with Crippen molar-refractivity contribution < 1.29 is 32.6 Å². The van der Waals surface area contributed by atoms with Gasteiger partial charge in [0.15, 0.2) is 5.82 Å². The molecule has 48 heavy (non-hydrogen) atoms. The zero-order valence-electron chi connectivity index (χ0n) is 26.4. The predicted octanol–water partition coefficient (Wildman–Crippen LogP) is 4.84. The number of nitrogens with zero attached hydrogens (tertiary/aromatic N) is 5. The lowest BCUT2D eigenvalue weighted by molar-refractivity contribution is -0.126. The van der Waals surface area contributed by atoms with E-state index >= 15 is 4.39 Å². The number of nitrogens with one attached hydrogen (secondary N) is 1. The minimum Gasteiger partial charge on any atom is -0.508 e.